The number of amides is 2. The van der Waals surface area contributed by atoms with Crippen LogP contribution >= 0.6 is 11.8 Å². The summed E-state index contributed by atoms with van der Waals surface area (Å²) in [5.41, 5.74) is 1.33. The molecule has 1 aliphatic heterocycles. The van der Waals surface area contributed by atoms with E-state index in [2.05, 4.69) is 5.32 Å². The van der Waals surface area contributed by atoms with Crippen molar-refractivity contribution in [1.82, 2.24) is 4.31 Å². The second-order valence-electron chi connectivity index (χ2n) is 6.68. The highest BCUT2D eigenvalue weighted by Gasteiger charge is 2.27. The predicted octanol–water partition coefficient (Wildman–Crippen LogP) is 2.79. The van der Waals surface area contributed by atoms with Crippen LogP contribution in [0.4, 0.5) is 11.4 Å². The summed E-state index contributed by atoms with van der Waals surface area (Å²) in [5.74, 6) is 0.412. The third kappa shape index (κ3) is 4.98. The van der Waals surface area contributed by atoms with Crippen LogP contribution in [-0.4, -0.2) is 50.4 Å². The molecule has 0 spiro atoms. The molecule has 2 aromatic carbocycles. The van der Waals surface area contributed by atoms with Gasteiger partial charge in [0, 0.05) is 31.1 Å². The maximum absolute atomic E-state index is 12.9. The minimum atomic E-state index is -3.84. The number of carbonyl (C=O) groups is 2. The Labute approximate surface area is 175 Å². The van der Waals surface area contributed by atoms with Crippen LogP contribution < -0.4 is 10.2 Å². The van der Waals surface area contributed by atoms with E-state index in [0.717, 1.165) is 27.1 Å². The maximum Gasteiger partial charge on any atom is 0.243 e. The number of fused-ring (bicyclic) bond motifs is 1. The Kier molecular flexibility index (Phi) is 6.61. The van der Waals surface area contributed by atoms with E-state index in [-0.39, 0.29) is 23.3 Å². The van der Waals surface area contributed by atoms with E-state index in [1.165, 1.54) is 38.2 Å². The summed E-state index contributed by atoms with van der Waals surface area (Å²) < 4.78 is 26.8. The SMILES string of the molecule is CC(=O)Nc1ccc(S(=O)(=O)N(C)CC(=O)N2CCCSc3ccccc32)cc1. The van der Waals surface area contributed by atoms with Crippen molar-refractivity contribution >= 4 is 45.0 Å². The number of likely N-dealkylation sites (N-methyl/N-ethyl adjacent to an activating group) is 1. The summed E-state index contributed by atoms with van der Waals surface area (Å²) in [6.45, 7) is 1.68. The first-order valence-corrected chi connectivity index (χ1v) is 11.6. The number of nitrogens with one attached hydrogen (secondary N) is 1. The molecule has 2 amide bonds. The molecule has 1 N–H and O–H groups in total. The van der Waals surface area contributed by atoms with E-state index in [9.17, 15) is 18.0 Å². The molecule has 0 saturated heterocycles. The lowest BCUT2D eigenvalue weighted by molar-refractivity contribution is -0.118. The molecule has 0 bridgehead atoms. The van der Waals surface area contributed by atoms with Gasteiger partial charge in [-0.3, -0.25) is 9.59 Å². The van der Waals surface area contributed by atoms with Crippen LogP contribution in [0.5, 0.6) is 0 Å². The monoisotopic (exact) mass is 433 g/mol. The number of benzene rings is 2. The zero-order chi connectivity index (χ0) is 21.0. The Bertz CT molecular complexity index is 1010. The van der Waals surface area contributed by atoms with Crippen molar-refractivity contribution in [3.05, 3.63) is 48.5 Å². The topological polar surface area (TPSA) is 86.8 Å². The van der Waals surface area contributed by atoms with Crippen LogP contribution in [0.2, 0.25) is 0 Å². The molecule has 0 radical (unpaired) electrons. The van der Waals surface area contributed by atoms with Crippen LogP contribution in [0.15, 0.2) is 58.3 Å². The summed E-state index contributed by atoms with van der Waals surface area (Å²) in [4.78, 5) is 26.8. The van der Waals surface area contributed by atoms with Crippen LogP contribution in [0.3, 0.4) is 0 Å². The standard InChI is InChI=1S/C20H23N3O4S2/c1-15(24)21-16-8-10-17(11-9-16)29(26,27)22(2)14-20(25)23-12-5-13-28-19-7-4-3-6-18(19)23/h3-4,6-11H,5,12-14H2,1-2H3,(H,21,24). The molecule has 154 valence electrons. The van der Waals surface area contributed by atoms with Gasteiger partial charge in [0.2, 0.25) is 21.8 Å². The van der Waals surface area contributed by atoms with E-state index in [1.54, 1.807) is 16.7 Å². The predicted molar refractivity (Wildman–Crippen MR) is 115 cm³/mol. The molecule has 9 heteroatoms. The molecule has 7 nitrogen and oxygen atoms in total. The summed E-state index contributed by atoms with van der Waals surface area (Å²) in [6.07, 6.45) is 0.839. The van der Waals surface area contributed by atoms with Crippen molar-refractivity contribution in [3.63, 3.8) is 0 Å². The summed E-state index contributed by atoms with van der Waals surface area (Å²) in [7, 11) is -2.44. The Balaban J connectivity index is 1.76. The first kappa shape index (κ1) is 21.4. The van der Waals surface area contributed by atoms with Gasteiger partial charge in [-0.2, -0.15) is 4.31 Å². The molecule has 1 heterocycles. The van der Waals surface area contributed by atoms with Crippen molar-refractivity contribution in [2.45, 2.75) is 23.1 Å². The van der Waals surface area contributed by atoms with Gasteiger partial charge in [0.15, 0.2) is 0 Å². The smallest absolute Gasteiger partial charge is 0.243 e. The van der Waals surface area contributed by atoms with Crippen LogP contribution in [-0.2, 0) is 19.6 Å². The van der Waals surface area contributed by atoms with Gasteiger partial charge in [0.05, 0.1) is 17.1 Å². The van der Waals surface area contributed by atoms with Gasteiger partial charge in [0.25, 0.3) is 0 Å². The Hall–Kier alpha value is -2.36. The quantitative estimate of drug-likeness (QED) is 0.784. The molecule has 0 unspecified atom stereocenters. The summed E-state index contributed by atoms with van der Waals surface area (Å²) in [6, 6.07) is 13.5. The average Bonchev–Trinajstić information content (AvgIpc) is 2.90. The summed E-state index contributed by atoms with van der Waals surface area (Å²) in [5, 5.41) is 2.59. The van der Waals surface area contributed by atoms with Gasteiger partial charge in [-0.25, -0.2) is 8.42 Å². The van der Waals surface area contributed by atoms with Gasteiger partial charge in [-0.05, 0) is 48.6 Å². The highest BCUT2D eigenvalue weighted by Crippen LogP contribution is 2.33. The minimum absolute atomic E-state index is 0.0636. The average molecular weight is 434 g/mol. The maximum atomic E-state index is 12.9. The lowest BCUT2D eigenvalue weighted by Gasteiger charge is -2.25. The van der Waals surface area contributed by atoms with E-state index in [4.69, 9.17) is 0 Å². The first-order chi connectivity index (χ1) is 13.8. The van der Waals surface area contributed by atoms with Crippen molar-refractivity contribution < 1.29 is 18.0 Å². The first-order valence-electron chi connectivity index (χ1n) is 9.15. The summed E-state index contributed by atoms with van der Waals surface area (Å²) >= 11 is 1.70. The van der Waals surface area contributed by atoms with Gasteiger partial charge < -0.3 is 10.2 Å². The fraction of sp³-hybridized carbons (Fsp3) is 0.300. The molecule has 0 aliphatic carbocycles. The van der Waals surface area contributed by atoms with Gasteiger partial charge >= 0.3 is 0 Å². The molecular formula is C20H23N3O4S2. The zero-order valence-corrected chi connectivity index (χ0v) is 17.9. The van der Waals surface area contributed by atoms with Crippen LogP contribution in [0.1, 0.15) is 13.3 Å². The molecule has 0 fully saturated rings. The highest BCUT2D eigenvalue weighted by atomic mass is 32.2. The zero-order valence-electron chi connectivity index (χ0n) is 16.3. The van der Waals surface area contributed by atoms with Gasteiger partial charge in [-0.15, -0.1) is 11.8 Å². The molecule has 0 atom stereocenters. The lowest BCUT2D eigenvalue weighted by atomic mass is 10.2. The van der Waals surface area contributed by atoms with Crippen molar-refractivity contribution in [2.75, 3.05) is 36.1 Å². The molecule has 0 aromatic heterocycles. The van der Waals surface area contributed by atoms with E-state index in [1.807, 2.05) is 24.3 Å². The van der Waals surface area contributed by atoms with E-state index >= 15 is 0 Å². The highest BCUT2D eigenvalue weighted by molar-refractivity contribution is 7.99. The Morgan fingerprint density at radius 3 is 2.52 bits per heavy atom. The number of carbonyl (C=O) groups excluding carboxylic acids is 2. The number of rotatable bonds is 5. The third-order valence-corrected chi connectivity index (χ3v) is 7.45. The number of sulfonamides is 1. The Morgan fingerprint density at radius 2 is 1.83 bits per heavy atom. The number of thioether (sulfide) groups is 1. The number of para-hydroxylation sites is 1. The number of hydrogen-bond acceptors (Lipinski definition) is 5. The van der Waals surface area contributed by atoms with E-state index in [0.29, 0.717) is 12.2 Å². The molecule has 2 aromatic rings. The molecule has 29 heavy (non-hydrogen) atoms. The van der Waals surface area contributed by atoms with Crippen LogP contribution in [0.25, 0.3) is 0 Å². The molecule has 0 saturated carbocycles. The Morgan fingerprint density at radius 1 is 1.14 bits per heavy atom. The van der Waals surface area contributed by atoms with Crippen molar-refractivity contribution in [3.8, 4) is 0 Å². The number of anilines is 2. The largest absolute Gasteiger partial charge is 0.326 e. The number of nitrogens with zero attached hydrogens (tertiary/aromatic N) is 2. The second-order valence-corrected chi connectivity index (χ2v) is 9.86. The fourth-order valence-corrected chi connectivity index (χ4v) is 5.16. The van der Waals surface area contributed by atoms with Gasteiger partial charge in [0.1, 0.15) is 0 Å². The fourth-order valence-electron chi connectivity index (χ4n) is 3.04. The number of hydrogen-bond donors (Lipinski definition) is 1. The third-order valence-electron chi connectivity index (χ3n) is 4.48. The molecular weight excluding hydrogens is 410 g/mol. The normalized spacial score (nSPS) is 14.2. The van der Waals surface area contributed by atoms with E-state index < -0.39 is 10.0 Å². The van der Waals surface area contributed by atoms with Crippen molar-refractivity contribution in [2.24, 2.45) is 0 Å². The molecule has 1 aliphatic rings. The van der Waals surface area contributed by atoms with Crippen LogP contribution in [0, 0.1) is 0 Å². The van der Waals surface area contributed by atoms with Crippen molar-refractivity contribution in [1.29, 1.82) is 0 Å². The van der Waals surface area contributed by atoms with Gasteiger partial charge in [-0.1, -0.05) is 12.1 Å². The lowest BCUT2D eigenvalue weighted by Crippen LogP contribution is -2.41. The second kappa shape index (κ2) is 8.98. The minimum Gasteiger partial charge on any atom is -0.326 e. The molecule has 3 rings (SSSR count).